The molecule has 89 heavy (non-hydrogen) atoms. The van der Waals surface area contributed by atoms with Gasteiger partial charge in [0, 0.05) is 37.7 Å². The third kappa shape index (κ3) is 22.4. The number of rotatable bonds is 11. The minimum Gasteiger partial charge on any atom is -0.496 e. The van der Waals surface area contributed by atoms with Gasteiger partial charge in [-0.05, 0) is 272 Å². The van der Waals surface area contributed by atoms with Crippen LogP contribution in [0.25, 0.3) is 0 Å². The number of piperidine rings is 4. The van der Waals surface area contributed by atoms with E-state index in [-0.39, 0.29) is 35.1 Å². The van der Waals surface area contributed by atoms with Crippen molar-refractivity contribution in [3.05, 3.63) is 164 Å². The standard InChI is InChI=1S/C16H25NO.C15H22ClN.C15H22FN3O.2C15H22FN/c1-12(2)15-6-5-14(11-16(15)18-4)13-7-9-17(3)10-8-13;1-11(2)13-4-5-14(15(16)10-13)12-6-8-17(3)9-7-12;1-11(2)12-4-5-14(13(16)10-12)17-15(20)19-8-6-18(3)7-9-19;1-11(2)13-4-5-14(15(16)10-13)12-6-8-17(3)9-7-12;1-11(2)12-6-7-14(15(16)9-12)13-5-4-8-17(3)10-13/h5-6,11-13H,7-10H2,1-4H3;4-5,10-12H,6-9H2,1-3H3;4-5,10-11H,6-9H2,1-3H3,(H,17,20);4-5,10-12H,6-9H2,1-3H3;6-7,9,11,13H,4-5,8,10H2,1-3H3. The first-order chi connectivity index (χ1) is 42.3. The zero-order valence-corrected chi connectivity index (χ0v) is 58.3. The van der Waals surface area contributed by atoms with Crippen LogP contribution in [0.1, 0.15) is 224 Å². The molecule has 5 aliphatic rings. The second kappa shape index (κ2) is 35.8. The molecule has 1 atom stereocenters. The Balaban J connectivity index is 0.000000178. The number of hydrogen-bond donors (Lipinski definition) is 1. The fourth-order valence-electron chi connectivity index (χ4n) is 12.8. The summed E-state index contributed by atoms with van der Waals surface area (Å²) in [6, 6.07) is 29.8. The van der Waals surface area contributed by atoms with E-state index in [4.69, 9.17) is 16.3 Å². The van der Waals surface area contributed by atoms with Gasteiger partial charge in [0.05, 0.1) is 12.8 Å². The third-order valence-corrected chi connectivity index (χ3v) is 19.5. The summed E-state index contributed by atoms with van der Waals surface area (Å²) in [5.41, 5.74) is 10.6. The predicted molar refractivity (Wildman–Crippen MR) is 370 cm³/mol. The molecule has 0 aromatic heterocycles. The first-order valence-corrected chi connectivity index (χ1v) is 34.0. The van der Waals surface area contributed by atoms with E-state index in [1.165, 1.54) is 86.6 Å². The smallest absolute Gasteiger partial charge is 0.322 e. The highest BCUT2D eigenvalue weighted by molar-refractivity contribution is 6.31. The van der Waals surface area contributed by atoms with Crippen LogP contribution in [0.3, 0.4) is 0 Å². The molecule has 5 fully saturated rings. The highest BCUT2D eigenvalue weighted by Crippen LogP contribution is 2.37. The predicted octanol–water partition coefficient (Wildman–Crippen LogP) is 18.1. The van der Waals surface area contributed by atoms with E-state index >= 15 is 0 Å². The lowest BCUT2D eigenvalue weighted by Gasteiger charge is -2.32. The van der Waals surface area contributed by atoms with Crippen molar-refractivity contribution in [3.8, 4) is 5.75 Å². The fourth-order valence-corrected chi connectivity index (χ4v) is 13.1. The molecule has 0 saturated carbocycles. The van der Waals surface area contributed by atoms with Gasteiger partial charge in [0.1, 0.15) is 23.2 Å². The summed E-state index contributed by atoms with van der Waals surface area (Å²) < 4.78 is 47.7. The zero-order valence-electron chi connectivity index (χ0n) is 57.5. The molecule has 492 valence electrons. The molecule has 2 amide bonds. The van der Waals surface area contributed by atoms with Crippen LogP contribution in [-0.2, 0) is 0 Å². The highest BCUT2D eigenvalue weighted by Gasteiger charge is 2.26. The van der Waals surface area contributed by atoms with Crippen molar-refractivity contribution in [2.45, 2.75) is 174 Å². The van der Waals surface area contributed by atoms with E-state index in [0.29, 0.717) is 60.4 Å². The van der Waals surface area contributed by atoms with Gasteiger partial charge in [0.2, 0.25) is 0 Å². The molecule has 0 spiro atoms. The molecule has 0 bridgehead atoms. The Kier molecular flexibility index (Phi) is 29.4. The minimum atomic E-state index is -0.376. The number of urea groups is 1. The summed E-state index contributed by atoms with van der Waals surface area (Å²) in [5.74, 6) is 4.93. The van der Waals surface area contributed by atoms with Crippen molar-refractivity contribution < 1.29 is 22.7 Å². The van der Waals surface area contributed by atoms with E-state index in [1.807, 2.05) is 39.1 Å². The van der Waals surface area contributed by atoms with Gasteiger partial charge >= 0.3 is 6.03 Å². The molecule has 5 heterocycles. The number of benzene rings is 5. The van der Waals surface area contributed by atoms with Gasteiger partial charge in [-0.15, -0.1) is 0 Å². The number of amides is 2. The van der Waals surface area contributed by atoms with Crippen LogP contribution in [0.2, 0.25) is 5.02 Å². The summed E-state index contributed by atoms with van der Waals surface area (Å²) in [6.45, 7) is 33.4. The van der Waals surface area contributed by atoms with Crippen LogP contribution in [-0.4, -0.2) is 156 Å². The molecule has 0 aliphatic carbocycles. The highest BCUT2D eigenvalue weighted by atomic mass is 35.5. The Labute approximate surface area is 542 Å². The molecule has 5 aromatic rings. The van der Waals surface area contributed by atoms with Crippen molar-refractivity contribution in [3.63, 3.8) is 0 Å². The zero-order chi connectivity index (χ0) is 65.1. The van der Waals surface area contributed by atoms with Crippen molar-refractivity contribution in [1.29, 1.82) is 0 Å². The summed E-state index contributed by atoms with van der Waals surface area (Å²) in [4.78, 5) is 25.4. The lowest BCUT2D eigenvalue weighted by Crippen LogP contribution is -2.48. The number of piperazine rings is 1. The number of likely N-dealkylation sites (tertiary alicyclic amines) is 4. The number of likely N-dealkylation sites (N-methyl/N-ethyl adjacent to an activating group) is 2. The molecular weight excluding hydrogens is 1140 g/mol. The Morgan fingerprint density at radius 1 is 0.449 bits per heavy atom. The van der Waals surface area contributed by atoms with Crippen molar-refractivity contribution in [2.75, 3.05) is 126 Å². The maximum atomic E-state index is 14.1. The molecule has 1 unspecified atom stereocenters. The second-order valence-electron chi connectivity index (χ2n) is 27.9. The summed E-state index contributed by atoms with van der Waals surface area (Å²) in [5, 5.41) is 3.62. The van der Waals surface area contributed by atoms with E-state index in [1.54, 1.807) is 30.2 Å². The maximum absolute atomic E-state index is 14.1. The molecule has 5 aliphatic heterocycles. The number of anilines is 1. The molecule has 9 nitrogen and oxygen atoms in total. The maximum Gasteiger partial charge on any atom is 0.322 e. The number of carbonyl (C=O) groups is 1. The van der Waals surface area contributed by atoms with Gasteiger partial charge in [0.15, 0.2) is 0 Å². The van der Waals surface area contributed by atoms with E-state index in [2.05, 4.69) is 162 Å². The average molecular weight is 1250 g/mol. The van der Waals surface area contributed by atoms with Crippen LogP contribution in [0.4, 0.5) is 23.7 Å². The van der Waals surface area contributed by atoms with Gasteiger partial charge in [0.25, 0.3) is 0 Å². The number of ether oxygens (including phenoxy) is 1. The normalized spacial score (nSPS) is 18.8. The molecule has 13 heteroatoms. The van der Waals surface area contributed by atoms with Crippen LogP contribution in [0.15, 0.2) is 91.0 Å². The van der Waals surface area contributed by atoms with Gasteiger partial charge in [-0.2, -0.15) is 0 Å². The SMILES string of the molecule is CC(C)c1ccc(C2CCCN(C)C2)c(F)c1.CC(C)c1ccc(C2CCN(C)CC2)c(Cl)c1.CC(C)c1ccc(C2CCN(C)CC2)c(F)c1.CC(C)c1ccc(NC(=O)N2CCN(C)CC2)c(F)c1.COc1cc(C2CCN(C)CC2)ccc1C(C)C. The molecule has 5 aromatic carbocycles. The Morgan fingerprint density at radius 3 is 1.29 bits per heavy atom. The van der Waals surface area contributed by atoms with Crippen molar-refractivity contribution in [2.24, 2.45) is 0 Å². The fraction of sp³-hybridized carbons (Fsp3) is 0.592. The molecule has 10 rings (SSSR count). The second-order valence-corrected chi connectivity index (χ2v) is 28.3. The van der Waals surface area contributed by atoms with E-state index < -0.39 is 0 Å². The molecular formula is C76H113ClF3N7O2. The minimum absolute atomic E-state index is 0.00856. The number of methoxy groups -OCH3 is 1. The van der Waals surface area contributed by atoms with Crippen molar-refractivity contribution >= 4 is 23.3 Å². The first-order valence-electron chi connectivity index (χ1n) is 33.7. The largest absolute Gasteiger partial charge is 0.496 e. The van der Waals surface area contributed by atoms with Gasteiger partial charge in [-0.1, -0.05) is 135 Å². The van der Waals surface area contributed by atoms with Crippen LogP contribution in [0.5, 0.6) is 5.75 Å². The molecule has 5 saturated heterocycles. The number of halogens is 4. The number of nitrogens with zero attached hydrogens (tertiary/aromatic N) is 6. The van der Waals surface area contributed by atoms with Gasteiger partial charge in [-0.25, -0.2) is 18.0 Å². The Bertz CT molecular complexity index is 2860. The third-order valence-electron chi connectivity index (χ3n) is 19.2. The van der Waals surface area contributed by atoms with E-state index in [9.17, 15) is 18.0 Å². The van der Waals surface area contributed by atoms with Crippen LogP contribution in [0, 0.1) is 17.5 Å². The number of hydrogen-bond acceptors (Lipinski definition) is 7. The average Bonchev–Trinajstić information content (AvgIpc) is 3.03. The molecule has 1 N–H and O–H groups in total. The summed E-state index contributed by atoms with van der Waals surface area (Å²) >= 11 is 6.43. The van der Waals surface area contributed by atoms with Gasteiger partial charge in [-0.3, -0.25) is 0 Å². The Hall–Kier alpha value is -4.95. The summed E-state index contributed by atoms with van der Waals surface area (Å²) in [7, 11) is 12.5. The Morgan fingerprint density at radius 2 is 0.865 bits per heavy atom. The van der Waals surface area contributed by atoms with E-state index in [0.717, 1.165) is 97.1 Å². The lowest BCUT2D eigenvalue weighted by atomic mass is 9.88. The topological polar surface area (TPSA) is 57.8 Å². The number of carbonyl (C=O) groups excluding carboxylic acids is 1. The lowest BCUT2D eigenvalue weighted by molar-refractivity contribution is 0.164. The van der Waals surface area contributed by atoms with Crippen molar-refractivity contribution in [1.82, 2.24) is 29.4 Å². The van der Waals surface area contributed by atoms with Gasteiger partial charge < -0.3 is 39.5 Å². The monoisotopic (exact) mass is 1250 g/mol. The quantitative estimate of drug-likeness (QED) is 0.141. The number of nitrogens with one attached hydrogen (secondary N) is 1. The van der Waals surface area contributed by atoms with Crippen LogP contribution >= 0.6 is 11.6 Å². The van der Waals surface area contributed by atoms with Crippen LogP contribution < -0.4 is 10.1 Å². The summed E-state index contributed by atoms with van der Waals surface area (Å²) in [6.07, 6.45) is 9.44. The molecule has 0 radical (unpaired) electrons. The first kappa shape index (κ1) is 73.1.